The molecule has 0 radical (unpaired) electrons. The molecule has 0 bridgehead atoms. The fourth-order valence-electron chi connectivity index (χ4n) is 1.81. The molecule has 0 saturated carbocycles. The Labute approximate surface area is 129 Å². The fraction of sp³-hybridized carbons (Fsp3) is 0. The molecule has 0 aliphatic rings. The SMILES string of the molecule is N#C/C(=C/c1cccs1)c1nc(-c2ccc(F)cc2)cs1. The van der Waals surface area contributed by atoms with Gasteiger partial charge in [0.25, 0.3) is 0 Å². The molecule has 5 heteroatoms. The van der Waals surface area contributed by atoms with Gasteiger partial charge in [0.2, 0.25) is 0 Å². The van der Waals surface area contributed by atoms with Crippen molar-refractivity contribution in [1.82, 2.24) is 4.98 Å². The molecule has 2 nitrogen and oxygen atoms in total. The van der Waals surface area contributed by atoms with E-state index in [1.807, 2.05) is 29.0 Å². The molecule has 0 fully saturated rings. The average Bonchev–Trinajstić information content (AvgIpc) is 3.17. The van der Waals surface area contributed by atoms with Crippen molar-refractivity contribution in [2.75, 3.05) is 0 Å². The molecular weight excluding hydrogens is 303 g/mol. The predicted molar refractivity (Wildman–Crippen MR) is 85.3 cm³/mol. The van der Waals surface area contributed by atoms with Crippen LogP contribution in [-0.2, 0) is 0 Å². The van der Waals surface area contributed by atoms with Crippen LogP contribution in [0.15, 0.2) is 47.2 Å². The molecule has 21 heavy (non-hydrogen) atoms. The summed E-state index contributed by atoms with van der Waals surface area (Å²) in [5.74, 6) is -0.274. The van der Waals surface area contributed by atoms with Gasteiger partial charge in [-0.15, -0.1) is 22.7 Å². The minimum Gasteiger partial charge on any atom is -0.235 e. The van der Waals surface area contributed by atoms with Gasteiger partial charge in [0, 0.05) is 15.8 Å². The van der Waals surface area contributed by atoms with Gasteiger partial charge in [0.05, 0.1) is 11.3 Å². The van der Waals surface area contributed by atoms with E-state index in [1.165, 1.54) is 23.5 Å². The van der Waals surface area contributed by atoms with Crippen molar-refractivity contribution >= 4 is 34.3 Å². The van der Waals surface area contributed by atoms with Crippen LogP contribution in [0.4, 0.5) is 4.39 Å². The van der Waals surface area contributed by atoms with E-state index in [0.717, 1.165) is 16.1 Å². The lowest BCUT2D eigenvalue weighted by Crippen LogP contribution is -1.82. The Balaban J connectivity index is 1.94. The summed E-state index contributed by atoms with van der Waals surface area (Å²) in [6, 6.07) is 12.3. The normalized spacial score (nSPS) is 11.3. The van der Waals surface area contributed by atoms with Crippen molar-refractivity contribution in [3.8, 4) is 17.3 Å². The number of halogens is 1. The molecule has 0 saturated heterocycles. The molecule has 2 heterocycles. The van der Waals surface area contributed by atoms with Crippen LogP contribution in [0, 0.1) is 17.1 Å². The highest BCUT2D eigenvalue weighted by Gasteiger charge is 2.09. The van der Waals surface area contributed by atoms with E-state index in [9.17, 15) is 9.65 Å². The summed E-state index contributed by atoms with van der Waals surface area (Å²) in [6.07, 6.45) is 1.83. The van der Waals surface area contributed by atoms with E-state index < -0.39 is 0 Å². The highest BCUT2D eigenvalue weighted by atomic mass is 32.1. The Morgan fingerprint density at radius 1 is 1.19 bits per heavy atom. The summed E-state index contributed by atoms with van der Waals surface area (Å²) in [5, 5.41) is 13.8. The Morgan fingerprint density at radius 2 is 2.00 bits per heavy atom. The van der Waals surface area contributed by atoms with Crippen molar-refractivity contribution in [3.05, 3.63) is 62.9 Å². The van der Waals surface area contributed by atoms with Gasteiger partial charge in [0.15, 0.2) is 0 Å². The number of hydrogen-bond donors (Lipinski definition) is 0. The average molecular weight is 312 g/mol. The first-order chi connectivity index (χ1) is 10.3. The number of hydrogen-bond acceptors (Lipinski definition) is 4. The quantitative estimate of drug-likeness (QED) is 0.633. The number of aromatic nitrogens is 1. The summed E-state index contributed by atoms with van der Waals surface area (Å²) in [5.41, 5.74) is 2.13. The van der Waals surface area contributed by atoms with E-state index in [1.54, 1.807) is 23.5 Å². The highest BCUT2D eigenvalue weighted by Crippen LogP contribution is 2.27. The van der Waals surface area contributed by atoms with E-state index in [0.29, 0.717) is 10.6 Å². The van der Waals surface area contributed by atoms with Gasteiger partial charge in [-0.3, -0.25) is 0 Å². The summed E-state index contributed by atoms with van der Waals surface area (Å²) in [6.45, 7) is 0. The number of nitriles is 1. The standard InChI is InChI=1S/C16H9FN2S2/c17-13-5-3-11(4-6-13)15-10-21-16(19-15)12(9-18)8-14-2-1-7-20-14/h1-8,10H/b12-8-. The molecule has 3 rings (SSSR count). The summed E-state index contributed by atoms with van der Waals surface area (Å²) in [7, 11) is 0. The maximum Gasteiger partial charge on any atom is 0.134 e. The number of thiazole rings is 1. The summed E-state index contributed by atoms with van der Waals surface area (Å²) >= 11 is 2.99. The van der Waals surface area contributed by atoms with Gasteiger partial charge in [-0.2, -0.15) is 5.26 Å². The zero-order valence-electron chi connectivity index (χ0n) is 10.8. The third-order valence-corrected chi connectivity index (χ3v) is 4.52. The number of thiophene rings is 1. The molecule has 0 spiro atoms. The molecule has 0 aliphatic carbocycles. The fourth-order valence-corrected chi connectivity index (χ4v) is 3.26. The number of allylic oxidation sites excluding steroid dienone is 1. The number of nitrogens with zero attached hydrogens (tertiary/aromatic N) is 2. The second-order valence-electron chi connectivity index (χ2n) is 4.23. The Hall–Kier alpha value is -2.29. The lowest BCUT2D eigenvalue weighted by molar-refractivity contribution is 0.628. The van der Waals surface area contributed by atoms with Crippen molar-refractivity contribution in [3.63, 3.8) is 0 Å². The lowest BCUT2D eigenvalue weighted by Gasteiger charge is -1.96. The molecule has 1 aromatic carbocycles. The first kappa shape index (κ1) is 13.7. The van der Waals surface area contributed by atoms with E-state index in [2.05, 4.69) is 11.1 Å². The van der Waals surface area contributed by atoms with Gasteiger partial charge in [0.1, 0.15) is 16.9 Å². The third kappa shape index (κ3) is 3.07. The summed E-state index contributed by atoms with van der Waals surface area (Å²) < 4.78 is 12.9. The van der Waals surface area contributed by atoms with Crippen LogP contribution in [0.3, 0.4) is 0 Å². The smallest absolute Gasteiger partial charge is 0.134 e. The molecule has 0 N–H and O–H groups in total. The molecule has 0 unspecified atom stereocenters. The lowest BCUT2D eigenvalue weighted by atomic mass is 10.2. The monoisotopic (exact) mass is 312 g/mol. The van der Waals surface area contributed by atoms with Crippen LogP contribution in [0.2, 0.25) is 0 Å². The molecule has 0 atom stereocenters. The molecule has 2 aromatic heterocycles. The maximum atomic E-state index is 12.9. The first-order valence-electron chi connectivity index (χ1n) is 6.13. The summed E-state index contributed by atoms with van der Waals surface area (Å²) in [4.78, 5) is 5.49. The van der Waals surface area contributed by atoms with Crippen LogP contribution in [0.5, 0.6) is 0 Å². The van der Waals surface area contributed by atoms with Gasteiger partial charge in [-0.1, -0.05) is 6.07 Å². The zero-order chi connectivity index (χ0) is 14.7. The second kappa shape index (κ2) is 6.00. The van der Waals surface area contributed by atoms with Crippen LogP contribution < -0.4 is 0 Å². The molecular formula is C16H9FN2S2. The van der Waals surface area contributed by atoms with Crippen molar-refractivity contribution in [2.24, 2.45) is 0 Å². The van der Waals surface area contributed by atoms with E-state index in [4.69, 9.17) is 0 Å². The predicted octanol–water partition coefficient (Wildman–Crippen LogP) is 5.07. The van der Waals surface area contributed by atoms with Crippen molar-refractivity contribution < 1.29 is 4.39 Å². The van der Waals surface area contributed by atoms with Crippen LogP contribution in [0.25, 0.3) is 22.9 Å². The topological polar surface area (TPSA) is 36.7 Å². The molecule has 0 amide bonds. The second-order valence-corrected chi connectivity index (χ2v) is 6.07. The largest absolute Gasteiger partial charge is 0.235 e. The van der Waals surface area contributed by atoms with Gasteiger partial charge in [-0.05, 0) is 41.8 Å². The van der Waals surface area contributed by atoms with Crippen molar-refractivity contribution in [1.29, 1.82) is 5.26 Å². The Morgan fingerprint density at radius 3 is 2.67 bits per heavy atom. The van der Waals surface area contributed by atoms with E-state index in [-0.39, 0.29) is 5.82 Å². The Kier molecular flexibility index (Phi) is 3.91. The first-order valence-corrected chi connectivity index (χ1v) is 7.89. The third-order valence-electron chi connectivity index (χ3n) is 2.82. The minimum absolute atomic E-state index is 0.274. The number of rotatable bonds is 3. The van der Waals surface area contributed by atoms with Crippen molar-refractivity contribution in [2.45, 2.75) is 0 Å². The highest BCUT2D eigenvalue weighted by molar-refractivity contribution is 7.12. The molecule has 3 aromatic rings. The van der Waals surface area contributed by atoms with Gasteiger partial charge >= 0.3 is 0 Å². The zero-order valence-corrected chi connectivity index (χ0v) is 12.4. The number of benzene rings is 1. The molecule has 0 aliphatic heterocycles. The Bertz CT molecular complexity index is 809. The van der Waals surface area contributed by atoms with Crippen LogP contribution in [-0.4, -0.2) is 4.98 Å². The minimum atomic E-state index is -0.274. The van der Waals surface area contributed by atoms with Crippen LogP contribution in [0.1, 0.15) is 9.88 Å². The van der Waals surface area contributed by atoms with Gasteiger partial charge < -0.3 is 0 Å². The van der Waals surface area contributed by atoms with Crippen LogP contribution >= 0.6 is 22.7 Å². The maximum absolute atomic E-state index is 12.9. The van der Waals surface area contributed by atoms with E-state index >= 15 is 0 Å². The van der Waals surface area contributed by atoms with Gasteiger partial charge in [-0.25, -0.2) is 9.37 Å². The molecule has 102 valence electrons.